The van der Waals surface area contributed by atoms with Gasteiger partial charge >= 0.3 is 0 Å². The Morgan fingerprint density at radius 2 is 2.04 bits per heavy atom. The van der Waals surface area contributed by atoms with Gasteiger partial charge in [0.05, 0.1) is 17.2 Å². The molecule has 0 radical (unpaired) electrons. The number of nitrogens with zero attached hydrogens (tertiary/aromatic N) is 5. The summed E-state index contributed by atoms with van der Waals surface area (Å²) >= 11 is 0. The van der Waals surface area contributed by atoms with Crippen molar-refractivity contribution >= 4 is 16.6 Å². The van der Waals surface area contributed by atoms with Crippen LogP contribution in [0.15, 0.2) is 12.3 Å². The van der Waals surface area contributed by atoms with Gasteiger partial charge in [-0.3, -0.25) is 10.1 Å². The third-order valence-electron chi connectivity index (χ3n) is 4.27. The first-order chi connectivity index (χ1) is 12.0. The van der Waals surface area contributed by atoms with Crippen LogP contribution in [0, 0.1) is 35.7 Å². The number of H-pyrrole nitrogens is 1. The number of aryl methyl sites for hydroxylation is 1. The molecule has 0 amide bonds. The number of fused-ring (bicyclic) bond motifs is 1. The topological polar surface area (TPSA) is 81.5 Å². The summed E-state index contributed by atoms with van der Waals surface area (Å²) in [6.07, 6.45) is 1.17. The fraction of sp³-hybridized carbons (Fsp3) is 0.250. The molecule has 25 heavy (non-hydrogen) atoms. The van der Waals surface area contributed by atoms with Crippen molar-refractivity contribution in [3.63, 3.8) is 0 Å². The van der Waals surface area contributed by atoms with Gasteiger partial charge in [-0.25, -0.2) is 18.2 Å². The van der Waals surface area contributed by atoms with E-state index in [4.69, 9.17) is 0 Å². The first-order valence-electron chi connectivity index (χ1n) is 7.49. The summed E-state index contributed by atoms with van der Waals surface area (Å²) in [6.45, 7) is 2.74. The second-order valence-electron chi connectivity index (χ2n) is 5.90. The molecule has 1 fully saturated rings. The highest BCUT2D eigenvalue weighted by Gasteiger charge is 2.34. The van der Waals surface area contributed by atoms with E-state index in [1.54, 1.807) is 11.8 Å². The van der Waals surface area contributed by atoms with E-state index in [0.717, 1.165) is 6.07 Å². The third kappa shape index (κ3) is 2.29. The molecule has 6 nitrogen and oxygen atoms in total. The van der Waals surface area contributed by atoms with Crippen LogP contribution in [0.3, 0.4) is 0 Å². The van der Waals surface area contributed by atoms with Crippen LogP contribution >= 0.6 is 0 Å². The Labute approximate surface area is 139 Å². The summed E-state index contributed by atoms with van der Waals surface area (Å²) in [7, 11) is 0. The Kier molecular flexibility index (Phi) is 3.35. The van der Waals surface area contributed by atoms with E-state index >= 15 is 0 Å². The lowest BCUT2D eigenvalue weighted by molar-refractivity contribution is 0.452. The number of anilines is 1. The number of hydrogen-bond acceptors (Lipinski definition) is 5. The van der Waals surface area contributed by atoms with Crippen LogP contribution in [-0.4, -0.2) is 33.3 Å². The first kappa shape index (κ1) is 15.4. The largest absolute Gasteiger partial charge is 0.368 e. The number of benzene rings is 1. The van der Waals surface area contributed by atoms with Crippen molar-refractivity contribution in [1.82, 2.24) is 20.2 Å². The van der Waals surface area contributed by atoms with E-state index in [1.807, 2.05) is 6.07 Å². The minimum absolute atomic E-state index is 0.0369. The first-order valence-corrected chi connectivity index (χ1v) is 7.49. The van der Waals surface area contributed by atoms with Crippen molar-refractivity contribution in [2.75, 3.05) is 18.0 Å². The Bertz CT molecular complexity index is 1030. The highest BCUT2D eigenvalue weighted by atomic mass is 19.2. The summed E-state index contributed by atoms with van der Waals surface area (Å²) in [5, 5.41) is 16.3. The summed E-state index contributed by atoms with van der Waals surface area (Å²) < 4.78 is 41.2. The Balaban J connectivity index is 1.78. The number of nitrogens with one attached hydrogen (secondary N) is 1. The molecule has 0 unspecified atom stereocenters. The van der Waals surface area contributed by atoms with Gasteiger partial charge in [0, 0.05) is 24.7 Å². The zero-order valence-electron chi connectivity index (χ0n) is 13.0. The molecule has 1 aromatic carbocycles. The van der Waals surface area contributed by atoms with E-state index in [1.165, 1.54) is 6.20 Å². The molecule has 0 aliphatic carbocycles. The van der Waals surface area contributed by atoms with E-state index in [2.05, 4.69) is 20.2 Å². The zero-order chi connectivity index (χ0) is 17.7. The average Bonchev–Trinajstić information content (AvgIpc) is 2.97. The van der Waals surface area contributed by atoms with Crippen LogP contribution in [0.1, 0.15) is 23.1 Å². The average molecular weight is 344 g/mol. The molecule has 2 aromatic heterocycles. The van der Waals surface area contributed by atoms with E-state index in [9.17, 15) is 18.4 Å². The maximum absolute atomic E-state index is 14.0. The molecule has 4 rings (SSSR count). The highest BCUT2D eigenvalue weighted by Crippen LogP contribution is 2.38. The second kappa shape index (κ2) is 5.44. The number of hydrogen-bond donors (Lipinski definition) is 1. The Hall–Kier alpha value is -3.15. The molecule has 0 saturated carbocycles. The van der Waals surface area contributed by atoms with Crippen LogP contribution in [-0.2, 0) is 0 Å². The van der Waals surface area contributed by atoms with Gasteiger partial charge in [-0.05, 0) is 13.0 Å². The van der Waals surface area contributed by atoms with Crippen LogP contribution in [0.2, 0.25) is 0 Å². The standard InChI is InChI=1S/C16H11F3N6/c1-7-22-16(24-23-7)9-5-25(6-9)15-8(3-20)4-21-14-10(15)2-11(17)12(18)13(14)19/h2,4,9H,5-6H2,1H3,(H,22,23,24). The van der Waals surface area contributed by atoms with Crippen molar-refractivity contribution in [2.45, 2.75) is 12.8 Å². The molecule has 0 bridgehead atoms. The van der Waals surface area contributed by atoms with Crippen molar-refractivity contribution in [1.29, 1.82) is 5.26 Å². The predicted octanol–water partition coefficient (Wildman–Crippen LogP) is 2.55. The SMILES string of the molecule is Cc1nc(C2CN(c3c(C#N)cnc4c(F)c(F)c(F)cc34)C2)n[nH]1. The zero-order valence-corrected chi connectivity index (χ0v) is 13.0. The van der Waals surface area contributed by atoms with Crippen LogP contribution in [0.25, 0.3) is 10.9 Å². The number of nitriles is 1. The number of rotatable bonds is 2. The van der Waals surface area contributed by atoms with E-state index in [0.29, 0.717) is 30.4 Å². The lowest BCUT2D eigenvalue weighted by Gasteiger charge is -2.40. The fourth-order valence-electron chi connectivity index (χ4n) is 3.02. The number of aromatic amines is 1. The van der Waals surface area contributed by atoms with Gasteiger partial charge in [0.1, 0.15) is 17.4 Å². The normalized spacial score (nSPS) is 14.6. The van der Waals surface area contributed by atoms with Crippen molar-refractivity contribution in [3.05, 3.63) is 46.9 Å². The van der Waals surface area contributed by atoms with Gasteiger partial charge in [-0.2, -0.15) is 10.4 Å². The van der Waals surface area contributed by atoms with Crippen molar-refractivity contribution in [2.24, 2.45) is 0 Å². The molecule has 1 aliphatic rings. The van der Waals surface area contributed by atoms with Crippen molar-refractivity contribution in [3.8, 4) is 6.07 Å². The number of pyridine rings is 1. The maximum Gasteiger partial charge on any atom is 0.196 e. The maximum atomic E-state index is 14.0. The number of aromatic nitrogens is 4. The summed E-state index contributed by atoms with van der Waals surface area (Å²) in [5.41, 5.74) is 0.210. The summed E-state index contributed by atoms with van der Waals surface area (Å²) in [6, 6.07) is 2.85. The van der Waals surface area contributed by atoms with Gasteiger partial charge in [-0.1, -0.05) is 0 Å². The van der Waals surface area contributed by atoms with Crippen LogP contribution in [0.5, 0.6) is 0 Å². The molecule has 9 heteroatoms. The molecule has 0 spiro atoms. The molecule has 3 aromatic rings. The van der Waals surface area contributed by atoms with Gasteiger partial charge in [0.25, 0.3) is 0 Å². The van der Waals surface area contributed by atoms with Crippen LogP contribution < -0.4 is 4.90 Å². The Morgan fingerprint density at radius 1 is 1.28 bits per heavy atom. The van der Waals surface area contributed by atoms with Gasteiger partial charge < -0.3 is 4.90 Å². The molecule has 1 saturated heterocycles. The molecule has 126 valence electrons. The second-order valence-corrected chi connectivity index (χ2v) is 5.90. The van der Waals surface area contributed by atoms with E-state index in [-0.39, 0.29) is 22.4 Å². The smallest absolute Gasteiger partial charge is 0.196 e. The van der Waals surface area contributed by atoms with Gasteiger partial charge in [0.15, 0.2) is 23.3 Å². The summed E-state index contributed by atoms with van der Waals surface area (Å²) in [4.78, 5) is 9.83. The van der Waals surface area contributed by atoms with Crippen LogP contribution in [0.4, 0.5) is 18.9 Å². The lowest BCUT2D eigenvalue weighted by atomic mass is 9.96. The lowest BCUT2D eigenvalue weighted by Crippen LogP contribution is -2.46. The molecule has 1 aliphatic heterocycles. The van der Waals surface area contributed by atoms with Gasteiger partial charge in [-0.15, -0.1) is 0 Å². The highest BCUT2D eigenvalue weighted by molar-refractivity contribution is 5.95. The molecule has 3 heterocycles. The quantitative estimate of drug-likeness (QED) is 0.723. The minimum Gasteiger partial charge on any atom is -0.368 e. The number of halogens is 3. The predicted molar refractivity (Wildman–Crippen MR) is 82.4 cm³/mol. The molecular formula is C16H11F3N6. The fourth-order valence-corrected chi connectivity index (χ4v) is 3.02. The molecule has 1 N–H and O–H groups in total. The minimum atomic E-state index is -1.58. The Morgan fingerprint density at radius 3 is 2.68 bits per heavy atom. The van der Waals surface area contributed by atoms with Crippen molar-refractivity contribution < 1.29 is 13.2 Å². The molecular weight excluding hydrogens is 333 g/mol. The summed E-state index contributed by atoms with van der Waals surface area (Å²) in [5.74, 6) is -2.87. The third-order valence-corrected chi connectivity index (χ3v) is 4.27. The van der Waals surface area contributed by atoms with E-state index < -0.39 is 17.5 Å². The molecule has 0 atom stereocenters. The van der Waals surface area contributed by atoms with Gasteiger partial charge in [0.2, 0.25) is 0 Å². The monoisotopic (exact) mass is 344 g/mol.